The number of ether oxygens (including phenoxy) is 1. The second-order valence-corrected chi connectivity index (χ2v) is 4.69. The number of aliphatic hydroxyl groups is 1. The molecule has 0 amide bonds. The SMILES string of the molecule is COCCn1c(CO)nnc1-c1ccc(Cl)c(Cl)c1. The Labute approximate surface area is 120 Å². The molecule has 0 unspecified atom stereocenters. The number of hydrogen-bond acceptors (Lipinski definition) is 4. The molecule has 102 valence electrons. The van der Waals surface area contributed by atoms with Crippen LogP contribution in [0.1, 0.15) is 5.82 Å². The van der Waals surface area contributed by atoms with E-state index in [0.29, 0.717) is 34.8 Å². The number of halogens is 2. The van der Waals surface area contributed by atoms with Gasteiger partial charge in [0.2, 0.25) is 0 Å². The smallest absolute Gasteiger partial charge is 0.164 e. The zero-order valence-electron chi connectivity index (χ0n) is 10.3. The number of benzene rings is 1. The topological polar surface area (TPSA) is 60.2 Å². The van der Waals surface area contributed by atoms with E-state index >= 15 is 0 Å². The lowest BCUT2D eigenvalue weighted by Gasteiger charge is -2.09. The average Bonchev–Trinajstić information content (AvgIpc) is 2.82. The van der Waals surface area contributed by atoms with E-state index in [0.717, 1.165) is 5.56 Å². The fourth-order valence-corrected chi connectivity index (χ4v) is 2.02. The van der Waals surface area contributed by atoms with E-state index < -0.39 is 0 Å². The summed E-state index contributed by atoms with van der Waals surface area (Å²) in [4.78, 5) is 0. The molecule has 0 atom stereocenters. The summed E-state index contributed by atoms with van der Waals surface area (Å²) in [6, 6.07) is 5.23. The largest absolute Gasteiger partial charge is 0.388 e. The maximum atomic E-state index is 9.27. The van der Waals surface area contributed by atoms with Gasteiger partial charge in [0.1, 0.15) is 6.61 Å². The molecule has 0 fully saturated rings. The van der Waals surface area contributed by atoms with E-state index in [1.54, 1.807) is 23.8 Å². The standard InChI is InChI=1S/C12H13Cl2N3O2/c1-19-5-4-17-11(7-18)15-16-12(17)8-2-3-9(13)10(14)6-8/h2-3,6,18H,4-5,7H2,1H3. The van der Waals surface area contributed by atoms with Crippen LogP contribution in [-0.2, 0) is 17.9 Å². The number of methoxy groups -OCH3 is 1. The van der Waals surface area contributed by atoms with Crippen LogP contribution >= 0.6 is 23.2 Å². The number of nitrogens with zero attached hydrogens (tertiary/aromatic N) is 3. The van der Waals surface area contributed by atoms with Crippen LogP contribution in [0.4, 0.5) is 0 Å². The lowest BCUT2D eigenvalue weighted by atomic mass is 10.2. The third kappa shape index (κ3) is 3.06. The summed E-state index contributed by atoms with van der Waals surface area (Å²) in [6.45, 7) is 0.867. The molecule has 0 bridgehead atoms. The summed E-state index contributed by atoms with van der Waals surface area (Å²) in [7, 11) is 1.61. The Balaban J connectivity index is 2.42. The van der Waals surface area contributed by atoms with Crippen molar-refractivity contribution < 1.29 is 9.84 Å². The zero-order valence-corrected chi connectivity index (χ0v) is 11.8. The van der Waals surface area contributed by atoms with Crippen LogP contribution in [0.2, 0.25) is 10.0 Å². The van der Waals surface area contributed by atoms with Gasteiger partial charge in [-0.15, -0.1) is 10.2 Å². The number of rotatable bonds is 5. The molecule has 5 nitrogen and oxygen atoms in total. The highest BCUT2D eigenvalue weighted by molar-refractivity contribution is 6.42. The normalized spacial score (nSPS) is 10.9. The van der Waals surface area contributed by atoms with Gasteiger partial charge in [0.15, 0.2) is 11.6 Å². The molecule has 0 saturated carbocycles. The fraction of sp³-hybridized carbons (Fsp3) is 0.333. The monoisotopic (exact) mass is 301 g/mol. The van der Waals surface area contributed by atoms with Crippen LogP contribution in [0.25, 0.3) is 11.4 Å². The molecule has 2 rings (SSSR count). The van der Waals surface area contributed by atoms with Gasteiger partial charge in [-0.1, -0.05) is 23.2 Å². The van der Waals surface area contributed by atoms with Gasteiger partial charge >= 0.3 is 0 Å². The minimum Gasteiger partial charge on any atom is -0.388 e. The van der Waals surface area contributed by atoms with E-state index in [9.17, 15) is 5.11 Å². The van der Waals surface area contributed by atoms with Crippen LogP contribution in [0, 0.1) is 0 Å². The lowest BCUT2D eigenvalue weighted by molar-refractivity contribution is 0.183. The molecule has 0 aliphatic carbocycles. The summed E-state index contributed by atoms with van der Waals surface area (Å²) in [5.74, 6) is 1.11. The van der Waals surface area contributed by atoms with Crippen LogP contribution in [0.15, 0.2) is 18.2 Å². The van der Waals surface area contributed by atoms with E-state index in [-0.39, 0.29) is 6.61 Å². The Hall–Kier alpha value is -1.14. The number of aromatic nitrogens is 3. The van der Waals surface area contributed by atoms with Crippen LogP contribution in [0.3, 0.4) is 0 Å². The van der Waals surface area contributed by atoms with Crippen LogP contribution < -0.4 is 0 Å². The first-order chi connectivity index (χ1) is 9.17. The molecule has 1 heterocycles. The van der Waals surface area contributed by atoms with Gasteiger partial charge in [0.25, 0.3) is 0 Å². The van der Waals surface area contributed by atoms with Gasteiger partial charge < -0.3 is 14.4 Å². The zero-order chi connectivity index (χ0) is 13.8. The molecule has 19 heavy (non-hydrogen) atoms. The first kappa shape index (κ1) is 14.3. The Kier molecular flexibility index (Phi) is 4.76. The van der Waals surface area contributed by atoms with Crippen LogP contribution in [-0.4, -0.2) is 33.6 Å². The third-order valence-electron chi connectivity index (χ3n) is 2.67. The van der Waals surface area contributed by atoms with Crippen molar-refractivity contribution in [3.05, 3.63) is 34.1 Å². The van der Waals surface area contributed by atoms with Gasteiger partial charge in [-0.25, -0.2) is 0 Å². The number of aliphatic hydroxyl groups excluding tert-OH is 1. The van der Waals surface area contributed by atoms with Gasteiger partial charge in [0, 0.05) is 19.2 Å². The predicted molar refractivity (Wildman–Crippen MR) is 73.3 cm³/mol. The number of hydrogen-bond donors (Lipinski definition) is 1. The van der Waals surface area contributed by atoms with Crippen molar-refractivity contribution >= 4 is 23.2 Å². The summed E-state index contributed by atoms with van der Waals surface area (Å²) in [5.41, 5.74) is 0.790. The Morgan fingerprint density at radius 1 is 1.26 bits per heavy atom. The van der Waals surface area contributed by atoms with Gasteiger partial charge in [-0.2, -0.15) is 0 Å². The highest BCUT2D eigenvalue weighted by Crippen LogP contribution is 2.28. The summed E-state index contributed by atoms with van der Waals surface area (Å²) in [6.07, 6.45) is 0. The van der Waals surface area contributed by atoms with Gasteiger partial charge in [-0.3, -0.25) is 0 Å². The fourth-order valence-electron chi connectivity index (χ4n) is 1.72. The van der Waals surface area contributed by atoms with Crippen molar-refractivity contribution in [3.8, 4) is 11.4 Å². The summed E-state index contributed by atoms with van der Waals surface area (Å²) < 4.78 is 6.84. The summed E-state index contributed by atoms with van der Waals surface area (Å²) >= 11 is 11.9. The maximum absolute atomic E-state index is 9.27. The van der Waals surface area contributed by atoms with Crippen molar-refractivity contribution in [2.75, 3.05) is 13.7 Å². The molecule has 7 heteroatoms. The lowest BCUT2D eigenvalue weighted by Crippen LogP contribution is -2.10. The first-order valence-electron chi connectivity index (χ1n) is 5.64. The quantitative estimate of drug-likeness (QED) is 0.921. The van der Waals surface area contributed by atoms with E-state index in [4.69, 9.17) is 27.9 Å². The van der Waals surface area contributed by atoms with E-state index in [2.05, 4.69) is 10.2 Å². The van der Waals surface area contributed by atoms with Crippen molar-refractivity contribution in [2.45, 2.75) is 13.2 Å². The van der Waals surface area contributed by atoms with Crippen molar-refractivity contribution in [3.63, 3.8) is 0 Å². The molecule has 2 aromatic rings. The summed E-state index contributed by atoms with van der Waals surface area (Å²) in [5, 5.41) is 18.2. The van der Waals surface area contributed by atoms with Gasteiger partial charge in [0.05, 0.1) is 16.7 Å². The predicted octanol–water partition coefficient (Wildman–Crippen LogP) is 2.39. The molecule has 1 aromatic carbocycles. The van der Waals surface area contributed by atoms with E-state index in [1.807, 2.05) is 6.07 Å². The second kappa shape index (κ2) is 6.34. The maximum Gasteiger partial charge on any atom is 0.164 e. The Morgan fingerprint density at radius 3 is 2.68 bits per heavy atom. The van der Waals surface area contributed by atoms with Crippen molar-refractivity contribution in [2.24, 2.45) is 0 Å². The molecule has 0 aliphatic rings. The molecular weight excluding hydrogens is 289 g/mol. The first-order valence-corrected chi connectivity index (χ1v) is 6.40. The Bertz CT molecular complexity index is 572. The van der Waals surface area contributed by atoms with Gasteiger partial charge in [-0.05, 0) is 18.2 Å². The molecule has 0 aliphatic heterocycles. The second-order valence-electron chi connectivity index (χ2n) is 3.87. The highest BCUT2D eigenvalue weighted by atomic mass is 35.5. The molecular formula is C12H13Cl2N3O2. The van der Waals surface area contributed by atoms with Crippen LogP contribution in [0.5, 0.6) is 0 Å². The molecule has 1 N–H and O–H groups in total. The Morgan fingerprint density at radius 2 is 2.05 bits per heavy atom. The van der Waals surface area contributed by atoms with Crippen molar-refractivity contribution in [1.29, 1.82) is 0 Å². The van der Waals surface area contributed by atoms with Crippen molar-refractivity contribution in [1.82, 2.24) is 14.8 Å². The molecule has 0 saturated heterocycles. The van der Waals surface area contributed by atoms with E-state index in [1.165, 1.54) is 0 Å². The minimum atomic E-state index is -0.183. The molecule has 0 radical (unpaired) electrons. The third-order valence-corrected chi connectivity index (χ3v) is 3.40. The molecule has 0 spiro atoms. The highest BCUT2D eigenvalue weighted by Gasteiger charge is 2.14. The average molecular weight is 302 g/mol. The minimum absolute atomic E-state index is 0.183. The molecule has 1 aromatic heterocycles.